The summed E-state index contributed by atoms with van der Waals surface area (Å²) in [6, 6.07) is 16.5. The molecule has 1 aliphatic heterocycles. The first kappa shape index (κ1) is 21.5. The van der Waals surface area contributed by atoms with Crippen molar-refractivity contribution < 1.29 is 13.2 Å². The lowest BCUT2D eigenvalue weighted by Gasteiger charge is -2.34. The minimum Gasteiger partial charge on any atom is -0.495 e. The van der Waals surface area contributed by atoms with E-state index in [1.165, 1.54) is 17.5 Å². The zero-order chi connectivity index (χ0) is 22.0. The van der Waals surface area contributed by atoms with E-state index >= 15 is 0 Å². The largest absolute Gasteiger partial charge is 0.495 e. The monoisotopic (exact) mass is 458 g/mol. The van der Waals surface area contributed by atoms with E-state index in [-0.39, 0.29) is 10.6 Å². The molecule has 0 N–H and O–H groups in total. The Morgan fingerprint density at radius 2 is 1.71 bits per heavy atom. The number of hydrogen-bond donors (Lipinski definition) is 0. The normalized spacial score (nSPS) is 15.1. The van der Waals surface area contributed by atoms with Crippen molar-refractivity contribution in [2.45, 2.75) is 11.8 Å². The summed E-state index contributed by atoms with van der Waals surface area (Å²) in [7, 11) is -2.28. The third-order valence-electron chi connectivity index (χ3n) is 5.38. The predicted molar refractivity (Wildman–Crippen MR) is 121 cm³/mol. The molecule has 0 atom stereocenters. The molecule has 31 heavy (non-hydrogen) atoms. The molecule has 1 fully saturated rings. The van der Waals surface area contributed by atoms with Crippen molar-refractivity contribution in [2.75, 3.05) is 38.2 Å². The summed E-state index contributed by atoms with van der Waals surface area (Å²) in [5.74, 6) is 1.01. The van der Waals surface area contributed by atoms with Crippen molar-refractivity contribution in [3.05, 3.63) is 65.2 Å². The van der Waals surface area contributed by atoms with Crippen LogP contribution in [-0.2, 0) is 10.0 Å². The van der Waals surface area contributed by atoms with E-state index in [4.69, 9.17) is 16.3 Å². The van der Waals surface area contributed by atoms with Crippen molar-refractivity contribution >= 4 is 27.4 Å². The van der Waals surface area contributed by atoms with Gasteiger partial charge in [0.15, 0.2) is 5.82 Å². The fourth-order valence-corrected chi connectivity index (χ4v) is 5.49. The van der Waals surface area contributed by atoms with Gasteiger partial charge >= 0.3 is 0 Å². The van der Waals surface area contributed by atoms with Crippen molar-refractivity contribution in [1.29, 1.82) is 0 Å². The van der Waals surface area contributed by atoms with Crippen LogP contribution in [0, 0.1) is 6.92 Å². The first-order valence-electron chi connectivity index (χ1n) is 9.88. The molecule has 0 saturated carbocycles. The number of aryl methyl sites for hydroxylation is 1. The second-order valence-corrected chi connectivity index (χ2v) is 9.62. The van der Waals surface area contributed by atoms with Crippen LogP contribution in [0.5, 0.6) is 5.75 Å². The summed E-state index contributed by atoms with van der Waals surface area (Å²) in [6.07, 6.45) is 0. The Balaban J connectivity index is 1.48. The summed E-state index contributed by atoms with van der Waals surface area (Å²) >= 11 is 6.03. The molecular weight excluding hydrogens is 436 g/mol. The first-order valence-corrected chi connectivity index (χ1v) is 11.7. The first-order chi connectivity index (χ1) is 14.9. The fourth-order valence-electron chi connectivity index (χ4n) is 3.65. The highest BCUT2D eigenvalue weighted by atomic mass is 35.5. The highest BCUT2D eigenvalue weighted by molar-refractivity contribution is 7.89. The summed E-state index contributed by atoms with van der Waals surface area (Å²) in [5, 5.41) is 9.10. The van der Waals surface area contributed by atoms with Crippen LogP contribution in [0.2, 0.25) is 5.02 Å². The lowest BCUT2D eigenvalue weighted by atomic mass is 10.1. The number of nitrogens with zero attached hydrogens (tertiary/aromatic N) is 4. The summed E-state index contributed by atoms with van der Waals surface area (Å²) < 4.78 is 33.0. The quantitative estimate of drug-likeness (QED) is 0.581. The number of benzene rings is 2. The van der Waals surface area contributed by atoms with E-state index in [0.717, 1.165) is 22.6 Å². The molecule has 4 rings (SSSR count). The Hall–Kier alpha value is -2.68. The predicted octanol–water partition coefficient (Wildman–Crippen LogP) is 3.62. The van der Waals surface area contributed by atoms with Gasteiger partial charge in [-0.05, 0) is 42.8 Å². The Morgan fingerprint density at radius 3 is 2.35 bits per heavy atom. The number of piperazine rings is 1. The molecule has 0 spiro atoms. The molecule has 1 saturated heterocycles. The Labute approximate surface area is 187 Å². The molecule has 2 aromatic carbocycles. The molecule has 0 bridgehead atoms. The zero-order valence-corrected chi connectivity index (χ0v) is 18.9. The van der Waals surface area contributed by atoms with E-state index in [2.05, 4.69) is 10.2 Å². The number of rotatable bonds is 5. The second-order valence-electron chi connectivity index (χ2n) is 7.28. The van der Waals surface area contributed by atoms with Crippen molar-refractivity contribution in [2.24, 2.45) is 0 Å². The molecule has 0 aliphatic carbocycles. The number of aromatic nitrogens is 2. The highest BCUT2D eigenvalue weighted by Crippen LogP contribution is 2.30. The van der Waals surface area contributed by atoms with Crippen LogP contribution in [0.25, 0.3) is 11.3 Å². The minimum absolute atomic E-state index is 0.0818. The number of anilines is 1. The Bertz CT molecular complexity index is 1180. The van der Waals surface area contributed by atoms with Gasteiger partial charge in [0.2, 0.25) is 10.0 Å². The molecule has 0 unspecified atom stereocenters. The van der Waals surface area contributed by atoms with E-state index in [0.29, 0.717) is 31.2 Å². The summed E-state index contributed by atoms with van der Waals surface area (Å²) in [6.45, 7) is 3.74. The maximum atomic E-state index is 13.1. The lowest BCUT2D eigenvalue weighted by molar-refractivity contribution is 0.373. The van der Waals surface area contributed by atoms with Gasteiger partial charge in [0, 0.05) is 36.8 Å². The molecule has 3 aromatic rings. The number of halogens is 1. The van der Waals surface area contributed by atoms with E-state index in [1.807, 2.05) is 48.2 Å². The Morgan fingerprint density at radius 1 is 0.968 bits per heavy atom. The molecule has 1 aromatic heterocycles. The van der Waals surface area contributed by atoms with Gasteiger partial charge in [0.25, 0.3) is 0 Å². The molecule has 2 heterocycles. The van der Waals surface area contributed by atoms with Crippen LogP contribution in [0.1, 0.15) is 5.56 Å². The molecule has 0 radical (unpaired) electrons. The number of ether oxygens (including phenoxy) is 1. The Kier molecular flexibility index (Phi) is 6.13. The van der Waals surface area contributed by atoms with Gasteiger partial charge in [0.1, 0.15) is 10.6 Å². The highest BCUT2D eigenvalue weighted by Gasteiger charge is 2.31. The van der Waals surface area contributed by atoms with Gasteiger partial charge in [-0.2, -0.15) is 4.31 Å². The van der Waals surface area contributed by atoms with Crippen molar-refractivity contribution in [3.63, 3.8) is 0 Å². The number of hydrogen-bond acceptors (Lipinski definition) is 6. The van der Waals surface area contributed by atoms with Crippen molar-refractivity contribution in [3.8, 4) is 17.0 Å². The fraction of sp³-hybridized carbons (Fsp3) is 0.273. The lowest BCUT2D eigenvalue weighted by Crippen LogP contribution is -2.49. The van der Waals surface area contributed by atoms with Gasteiger partial charge in [-0.1, -0.05) is 35.9 Å². The molecule has 0 amide bonds. The maximum Gasteiger partial charge on any atom is 0.246 e. The smallest absolute Gasteiger partial charge is 0.246 e. The average Bonchev–Trinajstić information content (AvgIpc) is 2.79. The molecule has 162 valence electrons. The maximum absolute atomic E-state index is 13.1. The van der Waals surface area contributed by atoms with E-state index in [1.54, 1.807) is 12.1 Å². The van der Waals surface area contributed by atoms with Gasteiger partial charge in [-0.15, -0.1) is 10.2 Å². The summed E-state index contributed by atoms with van der Waals surface area (Å²) in [5.41, 5.74) is 3.00. The average molecular weight is 459 g/mol. The van der Waals surface area contributed by atoms with Crippen LogP contribution in [0.3, 0.4) is 0 Å². The topological polar surface area (TPSA) is 75.6 Å². The van der Waals surface area contributed by atoms with Crippen LogP contribution < -0.4 is 9.64 Å². The van der Waals surface area contributed by atoms with Crippen LogP contribution in [0.4, 0.5) is 5.82 Å². The van der Waals surface area contributed by atoms with Crippen LogP contribution >= 0.6 is 11.6 Å². The van der Waals surface area contributed by atoms with E-state index in [9.17, 15) is 8.42 Å². The minimum atomic E-state index is -3.72. The third-order valence-corrected chi connectivity index (χ3v) is 7.53. The van der Waals surface area contributed by atoms with Gasteiger partial charge in [-0.25, -0.2) is 8.42 Å². The third kappa shape index (κ3) is 4.37. The second kappa shape index (κ2) is 8.82. The SMILES string of the molecule is COc1ccc(Cl)cc1S(=O)(=O)N1CCN(c2ccc(-c3ccccc3C)nn2)CC1. The molecule has 1 aliphatic rings. The van der Waals surface area contributed by atoms with Gasteiger partial charge in [-0.3, -0.25) is 0 Å². The van der Waals surface area contributed by atoms with Crippen LogP contribution in [0.15, 0.2) is 59.5 Å². The van der Waals surface area contributed by atoms with Gasteiger partial charge < -0.3 is 9.64 Å². The molecule has 7 nitrogen and oxygen atoms in total. The number of sulfonamides is 1. The standard InChI is InChI=1S/C22H23ClN4O3S/c1-16-5-3-4-6-18(16)19-8-10-22(25-24-19)26-11-13-27(14-12-26)31(28,29)21-15-17(23)7-9-20(21)30-2/h3-10,15H,11-14H2,1-2H3. The molecule has 9 heteroatoms. The zero-order valence-electron chi connectivity index (χ0n) is 17.3. The van der Waals surface area contributed by atoms with E-state index < -0.39 is 10.0 Å². The summed E-state index contributed by atoms with van der Waals surface area (Å²) in [4.78, 5) is 2.12. The molecular formula is C22H23ClN4O3S. The number of methoxy groups -OCH3 is 1. The van der Waals surface area contributed by atoms with Crippen LogP contribution in [-0.4, -0.2) is 56.2 Å². The van der Waals surface area contributed by atoms with Crippen molar-refractivity contribution in [1.82, 2.24) is 14.5 Å². The van der Waals surface area contributed by atoms with Gasteiger partial charge in [0.05, 0.1) is 12.8 Å².